The molecule has 0 spiro atoms. The first-order valence-electron chi connectivity index (χ1n) is 9.66. The molecule has 3 rings (SSSR count). The molecule has 1 aromatic heterocycles. The van der Waals surface area contributed by atoms with Crippen LogP contribution in [0.15, 0.2) is 36.5 Å². The van der Waals surface area contributed by atoms with Crippen molar-refractivity contribution in [3.05, 3.63) is 47.7 Å². The van der Waals surface area contributed by atoms with Crippen molar-refractivity contribution in [1.29, 1.82) is 0 Å². The van der Waals surface area contributed by atoms with E-state index in [0.717, 1.165) is 5.56 Å². The Morgan fingerprint density at radius 2 is 1.90 bits per heavy atom. The van der Waals surface area contributed by atoms with Gasteiger partial charge in [-0.1, -0.05) is 6.07 Å². The van der Waals surface area contributed by atoms with Gasteiger partial charge in [0, 0.05) is 24.8 Å². The van der Waals surface area contributed by atoms with Gasteiger partial charge in [-0.3, -0.25) is 4.79 Å². The van der Waals surface area contributed by atoms with Crippen molar-refractivity contribution in [3.63, 3.8) is 0 Å². The maximum atomic E-state index is 12.5. The molecular formula is C21H25NO9. The van der Waals surface area contributed by atoms with E-state index in [9.17, 15) is 30.3 Å². The van der Waals surface area contributed by atoms with Gasteiger partial charge >= 0.3 is 0 Å². The molecule has 0 amide bonds. The molecule has 0 bridgehead atoms. The summed E-state index contributed by atoms with van der Waals surface area (Å²) in [5, 5.41) is 49.1. The lowest BCUT2D eigenvalue weighted by molar-refractivity contribution is -0.277. The quantitative estimate of drug-likeness (QED) is 0.351. The molecule has 0 radical (unpaired) electrons. The van der Waals surface area contributed by atoms with Crippen LogP contribution in [-0.4, -0.2) is 80.7 Å². The fourth-order valence-corrected chi connectivity index (χ4v) is 3.19. The number of ketones is 1. The zero-order valence-electron chi connectivity index (χ0n) is 16.8. The Labute approximate surface area is 178 Å². The summed E-state index contributed by atoms with van der Waals surface area (Å²) in [7, 11) is 1.51. The van der Waals surface area contributed by atoms with E-state index in [0.29, 0.717) is 12.3 Å². The van der Waals surface area contributed by atoms with Crippen molar-refractivity contribution in [2.75, 3.05) is 13.7 Å². The average molecular weight is 435 g/mol. The van der Waals surface area contributed by atoms with Gasteiger partial charge in [0.1, 0.15) is 35.9 Å². The standard InChI is InChI=1S/C21H25NO9/c1-29-17-7-3-11(9-22-17)2-6-14(24)13-5-4-12(8-15(13)25)30-21-20(28)19(27)18(26)16(10-23)31-21/h3-5,7-9,16,18-21,23,25-28H,2,6,10H2,1H3. The summed E-state index contributed by atoms with van der Waals surface area (Å²) in [6.07, 6.45) is -4.99. The highest BCUT2D eigenvalue weighted by atomic mass is 16.7. The number of aromatic hydroxyl groups is 1. The summed E-state index contributed by atoms with van der Waals surface area (Å²) in [6, 6.07) is 7.47. The van der Waals surface area contributed by atoms with Gasteiger partial charge in [-0.2, -0.15) is 0 Å². The van der Waals surface area contributed by atoms with E-state index in [2.05, 4.69) is 4.98 Å². The Hall–Kier alpha value is -2.76. The number of carbonyl (C=O) groups excluding carboxylic acids is 1. The van der Waals surface area contributed by atoms with Crippen molar-refractivity contribution in [3.8, 4) is 17.4 Å². The number of ether oxygens (including phenoxy) is 3. The average Bonchev–Trinajstić information content (AvgIpc) is 2.78. The zero-order valence-corrected chi connectivity index (χ0v) is 16.8. The minimum atomic E-state index is -1.59. The fraction of sp³-hybridized carbons (Fsp3) is 0.429. The van der Waals surface area contributed by atoms with Gasteiger partial charge in [0.15, 0.2) is 5.78 Å². The molecule has 0 aliphatic carbocycles. The SMILES string of the molecule is COc1ccc(CCC(=O)c2ccc(OC3OC(CO)C(O)C(O)C3O)cc2O)cn1. The van der Waals surface area contributed by atoms with Crippen molar-refractivity contribution in [2.24, 2.45) is 0 Å². The van der Waals surface area contributed by atoms with E-state index in [1.54, 1.807) is 18.3 Å². The monoisotopic (exact) mass is 435 g/mol. The predicted octanol–water partition coefficient (Wildman–Crippen LogP) is -0.210. The second-order valence-electron chi connectivity index (χ2n) is 7.13. The lowest BCUT2D eigenvalue weighted by Gasteiger charge is -2.39. The summed E-state index contributed by atoms with van der Waals surface area (Å²) < 4.78 is 15.7. The molecule has 168 valence electrons. The summed E-state index contributed by atoms with van der Waals surface area (Å²) in [5.41, 5.74) is 0.943. The number of benzene rings is 1. The number of phenols is 1. The van der Waals surface area contributed by atoms with E-state index in [-0.39, 0.29) is 29.3 Å². The second-order valence-corrected chi connectivity index (χ2v) is 7.13. The first-order chi connectivity index (χ1) is 14.8. The van der Waals surface area contributed by atoms with Crippen LogP contribution in [0, 0.1) is 0 Å². The van der Waals surface area contributed by atoms with Gasteiger partial charge in [0.25, 0.3) is 0 Å². The predicted molar refractivity (Wildman–Crippen MR) is 106 cm³/mol. The van der Waals surface area contributed by atoms with E-state index in [1.165, 1.54) is 25.3 Å². The Kier molecular flexibility index (Phi) is 7.42. The third kappa shape index (κ3) is 5.30. The number of aryl methyl sites for hydroxylation is 1. The normalized spacial score (nSPS) is 25.8. The van der Waals surface area contributed by atoms with Crippen LogP contribution in [0.5, 0.6) is 17.4 Å². The highest BCUT2D eigenvalue weighted by Crippen LogP contribution is 2.29. The number of aliphatic hydroxyl groups excluding tert-OH is 4. The molecule has 5 unspecified atom stereocenters. The fourth-order valence-electron chi connectivity index (χ4n) is 3.19. The van der Waals surface area contributed by atoms with Crippen LogP contribution < -0.4 is 9.47 Å². The van der Waals surface area contributed by atoms with Crippen molar-refractivity contribution >= 4 is 5.78 Å². The summed E-state index contributed by atoms with van der Waals surface area (Å²) in [4.78, 5) is 16.6. The number of Topliss-reactive ketones (excluding diaryl/α,β-unsaturated/α-hetero) is 1. The topological polar surface area (TPSA) is 159 Å². The largest absolute Gasteiger partial charge is 0.507 e. The van der Waals surface area contributed by atoms with Crippen LogP contribution in [-0.2, 0) is 11.2 Å². The van der Waals surface area contributed by atoms with Crippen molar-refractivity contribution in [1.82, 2.24) is 4.98 Å². The van der Waals surface area contributed by atoms with Crippen LogP contribution in [0.25, 0.3) is 0 Å². The Bertz CT molecular complexity index is 887. The molecule has 1 aromatic carbocycles. The third-order valence-electron chi connectivity index (χ3n) is 5.02. The molecule has 31 heavy (non-hydrogen) atoms. The summed E-state index contributed by atoms with van der Waals surface area (Å²) >= 11 is 0. The molecule has 5 atom stereocenters. The number of hydrogen-bond acceptors (Lipinski definition) is 10. The maximum absolute atomic E-state index is 12.5. The number of aliphatic hydroxyl groups is 4. The van der Waals surface area contributed by atoms with Gasteiger partial charge in [-0.15, -0.1) is 0 Å². The lowest BCUT2D eigenvalue weighted by Crippen LogP contribution is -2.60. The molecule has 10 nitrogen and oxygen atoms in total. The number of methoxy groups -OCH3 is 1. The van der Waals surface area contributed by atoms with Gasteiger partial charge < -0.3 is 39.7 Å². The number of hydrogen-bond donors (Lipinski definition) is 5. The highest BCUT2D eigenvalue weighted by Gasteiger charge is 2.44. The van der Waals surface area contributed by atoms with Crippen LogP contribution in [0.2, 0.25) is 0 Å². The number of carbonyl (C=O) groups is 1. The molecule has 1 aliphatic rings. The first-order valence-corrected chi connectivity index (χ1v) is 9.66. The molecule has 1 fully saturated rings. The van der Waals surface area contributed by atoms with Crippen molar-refractivity contribution in [2.45, 2.75) is 43.5 Å². The Balaban J connectivity index is 1.63. The van der Waals surface area contributed by atoms with Gasteiger partial charge in [-0.05, 0) is 24.1 Å². The Morgan fingerprint density at radius 1 is 1.13 bits per heavy atom. The number of nitrogens with zero attached hydrogens (tertiary/aromatic N) is 1. The van der Waals surface area contributed by atoms with E-state index < -0.39 is 37.3 Å². The molecule has 10 heteroatoms. The molecule has 5 N–H and O–H groups in total. The second kappa shape index (κ2) is 10.0. The lowest BCUT2D eigenvalue weighted by atomic mass is 9.99. The van der Waals surface area contributed by atoms with Crippen LogP contribution in [0.1, 0.15) is 22.3 Å². The number of phenolic OH excluding ortho intramolecular Hbond substituents is 1. The molecule has 2 heterocycles. The van der Waals surface area contributed by atoms with Crippen LogP contribution in [0.4, 0.5) is 0 Å². The van der Waals surface area contributed by atoms with Gasteiger partial charge in [0.05, 0.1) is 19.3 Å². The minimum Gasteiger partial charge on any atom is -0.507 e. The number of rotatable bonds is 8. The van der Waals surface area contributed by atoms with Crippen LogP contribution in [0.3, 0.4) is 0 Å². The van der Waals surface area contributed by atoms with Gasteiger partial charge in [-0.25, -0.2) is 4.98 Å². The highest BCUT2D eigenvalue weighted by molar-refractivity contribution is 5.98. The third-order valence-corrected chi connectivity index (χ3v) is 5.02. The van der Waals surface area contributed by atoms with Gasteiger partial charge in [0.2, 0.25) is 12.2 Å². The van der Waals surface area contributed by atoms with E-state index in [4.69, 9.17) is 14.2 Å². The first kappa shape index (κ1) is 22.9. The van der Waals surface area contributed by atoms with Crippen LogP contribution >= 0.6 is 0 Å². The molecule has 1 aliphatic heterocycles. The smallest absolute Gasteiger partial charge is 0.229 e. The molecule has 2 aromatic rings. The summed E-state index contributed by atoms with van der Waals surface area (Å²) in [5.74, 6) is -0.0619. The molecule has 1 saturated heterocycles. The van der Waals surface area contributed by atoms with E-state index >= 15 is 0 Å². The maximum Gasteiger partial charge on any atom is 0.229 e. The summed E-state index contributed by atoms with van der Waals surface area (Å²) in [6.45, 7) is -0.590. The number of pyridine rings is 1. The van der Waals surface area contributed by atoms with Crippen molar-refractivity contribution < 1.29 is 44.5 Å². The minimum absolute atomic E-state index is 0.0673. The number of aromatic nitrogens is 1. The molecule has 0 saturated carbocycles. The molecular weight excluding hydrogens is 410 g/mol. The van der Waals surface area contributed by atoms with E-state index in [1.807, 2.05) is 0 Å². The Morgan fingerprint density at radius 3 is 2.52 bits per heavy atom. The zero-order chi connectivity index (χ0) is 22.5.